The molecular formula is C15H12N2O3S. The smallest absolute Gasteiger partial charge is 0.296 e. The third kappa shape index (κ3) is 2.13. The molecule has 1 aromatic carbocycles. The molecule has 2 aromatic rings. The number of anilines is 1. The summed E-state index contributed by atoms with van der Waals surface area (Å²) in [5, 5.41) is 12.3. The number of aliphatic hydroxyl groups is 1. The molecule has 1 amide bonds. The van der Waals surface area contributed by atoms with E-state index < -0.39 is 17.7 Å². The van der Waals surface area contributed by atoms with Gasteiger partial charge in [-0.1, -0.05) is 30.3 Å². The van der Waals surface area contributed by atoms with Crippen LogP contribution in [0.15, 0.2) is 53.2 Å². The fourth-order valence-corrected chi connectivity index (χ4v) is 3.11. The third-order valence-electron chi connectivity index (χ3n) is 3.33. The first-order valence-corrected chi connectivity index (χ1v) is 7.21. The van der Waals surface area contributed by atoms with E-state index in [0.29, 0.717) is 5.13 Å². The number of thiazole rings is 1. The number of amides is 1. The second-order valence-corrected chi connectivity index (χ2v) is 5.49. The molecule has 106 valence electrons. The van der Waals surface area contributed by atoms with Crippen LogP contribution in [-0.2, 0) is 9.59 Å². The molecule has 0 radical (unpaired) electrons. The summed E-state index contributed by atoms with van der Waals surface area (Å²) in [5.41, 5.74) is 0.872. The van der Waals surface area contributed by atoms with Gasteiger partial charge in [0, 0.05) is 11.6 Å². The molecule has 2 heterocycles. The lowest BCUT2D eigenvalue weighted by Crippen LogP contribution is -2.30. The van der Waals surface area contributed by atoms with Crippen molar-refractivity contribution < 1.29 is 14.7 Å². The summed E-state index contributed by atoms with van der Waals surface area (Å²) in [6.45, 7) is 1.35. The highest BCUT2D eigenvalue weighted by atomic mass is 32.1. The Kier molecular flexibility index (Phi) is 3.31. The van der Waals surface area contributed by atoms with Crippen LogP contribution in [0.4, 0.5) is 5.13 Å². The molecule has 1 unspecified atom stereocenters. The molecule has 0 aliphatic carbocycles. The van der Waals surface area contributed by atoms with Gasteiger partial charge in [0.1, 0.15) is 0 Å². The van der Waals surface area contributed by atoms with Crippen molar-refractivity contribution in [3.63, 3.8) is 0 Å². The van der Waals surface area contributed by atoms with Crippen LogP contribution in [0.5, 0.6) is 0 Å². The predicted octanol–water partition coefficient (Wildman–Crippen LogP) is 2.63. The molecule has 6 heteroatoms. The lowest BCUT2D eigenvalue weighted by Gasteiger charge is -2.23. The summed E-state index contributed by atoms with van der Waals surface area (Å²) in [4.78, 5) is 29.7. The summed E-state index contributed by atoms with van der Waals surface area (Å²) in [5.74, 6) is -1.41. The van der Waals surface area contributed by atoms with Crippen molar-refractivity contribution in [3.8, 4) is 0 Å². The Hall–Kier alpha value is -2.47. The van der Waals surface area contributed by atoms with Gasteiger partial charge in [0.2, 0.25) is 0 Å². The number of carbonyl (C=O) groups excluding carboxylic acids is 2. The van der Waals surface area contributed by atoms with E-state index >= 15 is 0 Å². The number of rotatable bonds is 3. The monoisotopic (exact) mass is 300 g/mol. The van der Waals surface area contributed by atoms with Crippen molar-refractivity contribution in [1.82, 2.24) is 4.98 Å². The molecule has 5 nitrogen and oxygen atoms in total. The van der Waals surface area contributed by atoms with Gasteiger partial charge in [0.25, 0.3) is 5.91 Å². The topological polar surface area (TPSA) is 70.5 Å². The van der Waals surface area contributed by atoms with Gasteiger partial charge in [-0.2, -0.15) is 0 Å². The third-order valence-corrected chi connectivity index (χ3v) is 4.10. The van der Waals surface area contributed by atoms with E-state index in [-0.39, 0.29) is 11.4 Å². The maximum absolute atomic E-state index is 12.3. The number of aromatic nitrogens is 1. The van der Waals surface area contributed by atoms with E-state index in [0.717, 1.165) is 5.56 Å². The Morgan fingerprint density at radius 2 is 2.05 bits per heavy atom. The van der Waals surface area contributed by atoms with E-state index in [4.69, 9.17) is 0 Å². The van der Waals surface area contributed by atoms with Crippen molar-refractivity contribution in [2.45, 2.75) is 13.0 Å². The highest BCUT2D eigenvalue weighted by Gasteiger charge is 2.44. The van der Waals surface area contributed by atoms with Crippen LogP contribution in [0.25, 0.3) is 0 Å². The van der Waals surface area contributed by atoms with Crippen LogP contribution in [0.2, 0.25) is 0 Å². The van der Waals surface area contributed by atoms with Crippen LogP contribution < -0.4 is 4.90 Å². The summed E-state index contributed by atoms with van der Waals surface area (Å²) in [6, 6.07) is 8.51. The standard InChI is InChI=1S/C15H12N2O3S/c1-9(18)11-12(10-5-3-2-4-6-10)17(14(20)13(11)19)15-16-7-8-21-15/h2-8,12,19H,1H3. The Morgan fingerprint density at radius 1 is 1.33 bits per heavy atom. The SMILES string of the molecule is CC(=O)C1=C(O)C(=O)N(c2nccs2)C1c1ccccc1. The van der Waals surface area contributed by atoms with Crippen molar-refractivity contribution in [3.05, 3.63) is 58.8 Å². The Bertz CT molecular complexity index is 723. The average Bonchev–Trinajstić information content (AvgIpc) is 3.07. The Morgan fingerprint density at radius 3 is 2.62 bits per heavy atom. The predicted molar refractivity (Wildman–Crippen MR) is 79.1 cm³/mol. The van der Waals surface area contributed by atoms with E-state index in [1.54, 1.807) is 11.6 Å². The highest BCUT2D eigenvalue weighted by Crippen LogP contribution is 2.41. The summed E-state index contributed by atoms with van der Waals surface area (Å²) in [7, 11) is 0. The molecule has 0 fully saturated rings. The number of ketones is 1. The molecule has 21 heavy (non-hydrogen) atoms. The maximum atomic E-state index is 12.3. The minimum Gasteiger partial charge on any atom is -0.503 e. The second kappa shape index (κ2) is 5.14. The first kappa shape index (κ1) is 13.5. The van der Waals surface area contributed by atoms with Crippen molar-refractivity contribution >= 4 is 28.2 Å². The molecule has 0 saturated carbocycles. The highest BCUT2D eigenvalue weighted by molar-refractivity contribution is 7.13. The van der Waals surface area contributed by atoms with E-state index in [2.05, 4.69) is 4.98 Å². The molecule has 0 bridgehead atoms. The molecular weight excluding hydrogens is 288 g/mol. The lowest BCUT2D eigenvalue weighted by atomic mass is 9.97. The first-order chi connectivity index (χ1) is 10.1. The molecule has 1 N–H and O–H groups in total. The van der Waals surface area contributed by atoms with Gasteiger partial charge in [-0.3, -0.25) is 14.5 Å². The van der Waals surface area contributed by atoms with Crippen LogP contribution in [0.1, 0.15) is 18.5 Å². The van der Waals surface area contributed by atoms with Crippen molar-refractivity contribution in [2.75, 3.05) is 4.90 Å². The van der Waals surface area contributed by atoms with E-state index in [1.165, 1.54) is 23.2 Å². The van der Waals surface area contributed by atoms with Crippen LogP contribution in [0, 0.1) is 0 Å². The quantitative estimate of drug-likeness (QED) is 0.946. The van der Waals surface area contributed by atoms with Crippen molar-refractivity contribution in [2.24, 2.45) is 0 Å². The van der Waals surface area contributed by atoms with E-state index in [9.17, 15) is 14.7 Å². The number of nitrogens with zero attached hydrogens (tertiary/aromatic N) is 2. The van der Waals surface area contributed by atoms with Gasteiger partial charge < -0.3 is 5.11 Å². The number of carbonyl (C=O) groups is 2. The fourth-order valence-electron chi connectivity index (χ4n) is 2.45. The number of hydrogen-bond donors (Lipinski definition) is 1. The van der Waals surface area contributed by atoms with Crippen molar-refractivity contribution in [1.29, 1.82) is 0 Å². The lowest BCUT2D eigenvalue weighted by molar-refractivity contribution is -0.117. The minimum atomic E-state index is -0.637. The van der Waals surface area contributed by atoms with Gasteiger partial charge in [0.15, 0.2) is 16.7 Å². The molecule has 3 rings (SSSR count). The van der Waals surface area contributed by atoms with Gasteiger partial charge in [-0.25, -0.2) is 4.98 Å². The number of Topliss-reactive ketones (excluding diaryl/α,β-unsaturated/α-hetero) is 1. The number of benzene rings is 1. The largest absolute Gasteiger partial charge is 0.503 e. The van der Waals surface area contributed by atoms with Gasteiger partial charge in [0.05, 0.1) is 11.6 Å². The van der Waals surface area contributed by atoms with Crippen LogP contribution >= 0.6 is 11.3 Å². The summed E-state index contributed by atoms with van der Waals surface area (Å²) < 4.78 is 0. The molecule has 1 aliphatic rings. The molecule has 1 atom stereocenters. The zero-order chi connectivity index (χ0) is 15.0. The number of aliphatic hydroxyl groups excluding tert-OH is 1. The Labute approximate surface area is 125 Å². The minimum absolute atomic E-state index is 0.112. The molecule has 1 aliphatic heterocycles. The first-order valence-electron chi connectivity index (χ1n) is 6.33. The second-order valence-electron chi connectivity index (χ2n) is 4.62. The van der Waals surface area contributed by atoms with Crippen LogP contribution in [0.3, 0.4) is 0 Å². The zero-order valence-electron chi connectivity index (χ0n) is 11.2. The number of hydrogen-bond acceptors (Lipinski definition) is 5. The zero-order valence-corrected chi connectivity index (χ0v) is 12.0. The molecule has 0 spiro atoms. The van der Waals surface area contributed by atoms with Crippen LogP contribution in [-0.4, -0.2) is 21.8 Å². The summed E-state index contributed by atoms with van der Waals surface area (Å²) in [6.07, 6.45) is 1.58. The van der Waals surface area contributed by atoms with E-state index in [1.807, 2.05) is 30.3 Å². The van der Waals surface area contributed by atoms with Gasteiger partial charge in [-0.05, 0) is 12.5 Å². The van der Waals surface area contributed by atoms with Gasteiger partial charge >= 0.3 is 0 Å². The average molecular weight is 300 g/mol. The van der Waals surface area contributed by atoms with Gasteiger partial charge in [-0.15, -0.1) is 11.3 Å². The normalized spacial score (nSPS) is 18.4. The maximum Gasteiger partial charge on any atom is 0.296 e. The molecule has 1 aromatic heterocycles. The summed E-state index contributed by atoms with van der Waals surface area (Å²) >= 11 is 1.28. The Balaban J connectivity index is 2.18. The molecule has 0 saturated heterocycles. The fraction of sp³-hybridized carbons (Fsp3) is 0.133.